The summed E-state index contributed by atoms with van der Waals surface area (Å²) in [5.74, 6) is 3.05. The molecule has 1 fully saturated rings. The minimum absolute atomic E-state index is 0.0528. The Morgan fingerprint density at radius 1 is 1.22 bits per heavy atom. The number of imide groups is 1. The number of benzene rings is 2. The van der Waals surface area contributed by atoms with Gasteiger partial charge in [0, 0.05) is 16.1 Å². The quantitative estimate of drug-likeness (QED) is 0.268. The number of thioether (sulfide) groups is 1. The first-order chi connectivity index (χ1) is 15.5. The molecular weight excluding hydrogens is 446 g/mol. The average molecular weight is 468 g/mol. The van der Waals surface area contributed by atoms with Crippen molar-refractivity contribution in [2.75, 3.05) is 13.2 Å². The Bertz CT molecular complexity index is 1120. The molecule has 0 radical (unpaired) electrons. The van der Waals surface area contributed by atoms with Crippen LogP contribution in [0.1, 0.15) is 23.6 Å². The fourth-order valence-corrected chi connectivity index (χ4v) is 4.17. The summed E-state index contributed by atoms with van der Waals surface area (Å²) in [4.78, 5) is 26.0. The molecule has 7 heteroatoms. The number of carbonyl (C=O) groups excluding carboxylic acids is 2. The third-order valence-corrected chi connectivity index (χ3v) is 5.84. The van der Waals surface area contributed by atoms with Gasteiger partial charge >= 0.3 is 0 Å². The van der Waals surface area contributed by atoms with Crippen molar-refractivity contribution in [3.63, 3.8) is 0 Å². The molecule has 0 atom stereocenters. The molecule has 2 aromatic rings. The van der Waals surface area contributed by atoms with Gasteiger partial charge in [-0.1, -0.05) is 41.8 Å². The SMILES string of the molecule is C#CCN1C(=O)S/C(=C/c2cc(CC=C)c(OCc3ccccc3Cl)c(OCC)c2)C1=O. The van der Waals surface area contributed by atoms with Gasteiger partial charge in [-0.3, -0.25) is 14.5 Å². The standard InChI is InChI=1S/C25H22ClNO4S/c1-4-9-18-13-17(15-22-24(28)27(12-5-2)25(29)32-22)14-21(30-6-3)23(18)31-16-19-10-7-8-11-20(19)26/h2,4,7-8,10-11,13-15H,1,6,9,12,16H2,3H3/b22-15+. The number of rotatable bonds is 9. The largest absolute Gasteiger partial charge is 0.490 e. The molecule has 2 aromatic carbocycles. The monoisotopic (exact) mass is 467 g/mol. The van der Waals surface area contributed by atoms with Crippen LogP contribution in [0.4, 0.5) is 4.79 Å². The van der Waals surface area contributed by atoms with Crippen molar-refractivity contribution in [1.82, 2.24) is 4.90 Å². The van der Waals surface area contributed by atoms with Gasteiger partial charge in [0.05, 0.1) is 18.1 Å². The van der Waals surface area contributed by atoms with Crippen molar-refractivity contribution >= 4 is 40.6 Å². The second-order valence-corrected chi connectivity index (χ2v) is 8.19. The zero-order chi connectivity index (χ0) is 23.1. The first kappa shape index (κ1) is 23.5. The van der Waals surface area contributed by atoms with Crippen LogP contribution in [0.5, 0.6) is 11.5 Å². The maximum atomic E-state index is 12.5. The van der Waals surface area contributed by atoms with Gasteiger partial charge in [0.15, 0.2) is 11.5 Å². The molecule has 5 nitrogen and oxygen atoms in total. The number of nitrogens with zero attached hydrogens (tertiary/aromatic N) is 1. The smallest absolute Gasteiger partial charge is 0.294 e. The first-order valence-electron chi connectivity index (χ1n) is 9.94. The van der Waals surface area contributed by atoms with Crippen LogP contribution < -0.4 is 9.47 Å². The van der Waals surface area contributed by atoms with Crippen molar-refractivity contribution in [2.45, 2.75) is 20.0 Å². The summed E-state index contributed by atoms with van der Waals surface area (Å²) in [5.41, 5.74) is 2.40. The molecule has 0 aromatic heterocycles. The van der Waals surface area contributed by atoms with Crippen molar-refractivity contribution in [2.24, 2.45) is 0 Å². The number of allylic oxidation sites excluding steroid dienone is 1. The summed E-state index contributed by atoms with van der Waals surface area (Å²) in [6.07, 6.45) is 9.21. The molecule has 0 N–H and O–H groups in total. The van der Waals surface area contributed by atoms with Crippen LogP contribution in [0, 0.1) is 12.3 Å². The van der Waals surface area contributed by atoms with E-state index in [9.17, 15) is 9.59 Å². The molecule has 0 bridgehead atoms. The van der Waals surface area contributed by atoms with Crippen molar-refractivity contribution in [3.05, 3.63) is 75.7 Å². The van der Waals surface area contributed by atoms with Crippen LogP contribution in [0.15, 0.2) is 54.0 Å². The van der Waals surface area contributed by atoms with Crippen LogP contribution in [0.2, 0.25) is 5.02 Å². The lowest BCUT2D eigenvalue weighted by atomic mass is 10.0. The molecule has 0 unspecified atom stereocenters. The summed E-state index contributed by atoms with van der Waals surface area (Å²) < 4.78 is 12.0. The predicted octanol–water partition coefficient (Wildman–Crippen LogP) is 5.72. The third-order valence-electron chi connectivity index (χ3n) is 4.57. The highest BCUT2D eigenvalue weighted by Crippen LogP contribution is 2.38. The fraction of sp³-hybridized carbons (Fsp3) is 0.200. The Hall–Kier alpha value is -3.14. The van der Waals surface area contributed by atoms with E-state index in [4.69, 9.17) is 27.5 Å². The van der Waals surface area contributed by atoms with Gasteiger partial charge in [-0.2, -0.15) is 0 Å². The summed E-state index contributed by atoms with van der Waals surface area (Å²) in [6, 6.07) is 11.1. The van der Waals surface area contributed by atoms with E-state index in [-0.39, 0.29) is 18.4 Å². The molecule has 0 aliphatic carbocycles. The van der Waals surface area contributed by atoms with Crippen LogP contribution in [-0.2, 0) is 17.8 Å². The van der Waals surface area contributed by atoms with Gasteiger partial charge < -0.3 is 9.47 Å². The molecule has 1 saturated heterocycles. The number of hydrogen-bond donors (Lipinski definition) is 0. The minimum Gasteiger partial charge on any atom is -0.490 e. The summed E-state index contributed by atoms with van der Waals surface area (Å²) in [5, 5.41) is 0.241. The van der Waals surface area contributed by atoms with Gasteiger partial charge in [-0.15, -0.1) is 13.0 Å². The molecule has 1 aliphatic heterocycles. The Kier molecular flexibility index (Phi) is 8.04. The molecule has 3 rings (SSSR count). The van der Waals surface area contributed by atoms with Crippen molar-refractivity contribution in [1.29, 1.82) is 0 Å². The maximum Gasteiger partial charge on any atom is 0.294 e. The van der Waals surface area contributed by atoms with E-state index in [1.807, 2.05) is 37.3 Å². The zero-order valence-corrected chi connectivity index (χ0v) is 19.2. The second kappa shape index (κ2) is 10.9. The van der Waals surface area contributed by atoms with Crippen LogP contribution in [-0.4, -0.2) is 29.2 Å². The van der Waals surface area contributed by atoms with Gasteiger partial charge in [-0.25, -0.2) is 0 Å². The molecule has 164 valence electrons. The van der Waals surface area contributed by atoms with E-state index < -0.39 is 5.91 Å². The normalized spacial score (nSPS) is 14.5. The summed E-state index contributed by atoms with van der Waals surface area (Å²) >= 11 is 7.12. The third kappa shape index (κ3) is 5.37. The fourth-order valence-electron chi connectivity index (χ4n) is 3.14. The highest BCUT2D eigenvalue weighted by Gasteiger charge is 2.34. The van der Waals surface area contributed by atoms with E-state index in [1.165, 1.54) is 0 Å². The Balaban J connectivity index is 1.96. The van der Waals surface area contributed by atoms with E-state index in [0.717, 1.165) is 27.8 Å². The predicted molar refractivity (Wildman–Crippen MR) is 129 cm³/mol. The maximum absolute atomic E-state index is 12.5. The number of terminal acetylenes is 1. The summed E-state index contributed by atoms with van der Waals surface area (Å²) in [7, 11) is 0. The lowest BCUT2D eigenvalue weighted by molar-refractivity contribution is -0.122. The van der Waals surface area contributed by atoms with Crippen molar-refractivity contribution < 1.29 is 19.1 Å². The van der Waals surface area contributed by atoms with Gasteiger partial charge in [0.2, 0.25) is 0 Å². The van der Waals surface area contributed by atoms with E-state index >= 15 is 0 Å². The average Bonchev–Trinajstić information content (AvgIpc) is 3.02. The molecule has 0 saturated carbocycles. The van der Waals surface area contributed by atoms with Gasteiger partial charge in [0.25, 0.3) is 11.1 Å². The highest BCUT2D eigenvalue weighted by molar-refractivity contribution is 8.18. The molecule has 1 aliphatic rings. The lowest BCUT2D eigenvalue weighted by Crippen LogP contribution is -2.28. The zero-order valence-electron chi connectivity index (χ0n) is 17.6. The van der Waals surface area contributed by atoms with Crippen molar-refractivity contribution in [3.8, 4) is 23.8 Å². The van der Waals surface area contributed by atoms with Crippen LogP contribution in [0.25, 0.3) is 6.08 Å². The second-order valence-electron chi connectivity index (χ2n) is 6.79. The number of hydrogen-bond acceptors (Lipinski definition) is 5. The number of halogens is 1. The Morgan fingerprint density at radius 3 is 2.69 bits per heavy atom. The van der Waals surface area contributed by atoms with Gasteiger partial charge in [0.1, 0.15) is 6.61 Å². The molecule has 0 spiro atoms. The molecule has 32 heavy (non-hydrogen) atoms. The lowest BCUT2D eigenvalue weighted by Gasteiger charge is -2.17. The highest BCUT2D eigenvalue weighted by atomic mass is 35.5. The first-order valence-corrected chi connectivity index (χ1v) is 11.1. The Labute approximate surface area is 197 Å². The minimum atomic E-state index is -0.403. The van der Waals surface area contributed by atoms with E-state index in [1.54, 1.807) is 18.2 Å². The number of ether oxygens (including phenoxy) is 2. The number of amides is 2. The molecule has 1 heterocycles. The van der Waals surface area contributed by atoms with Gasteiger partial charge in [-0.05, 0) is 54.9 Å². The van der Waals surface area contributed by atoms with E-state index in [2.05, 4.69) is 12.5 Å². The van der Waals surface area contributed by atoms with Crippen LogP contribution in [0.3, 0.4) is 0 Å². The number of carbonyl (C=O) groups is 2. The molecule has 2 amide bonds. The topological polar surface area (TPSA) is 55.8 Å². The van der Waals surface area contributed by atoms with Crippen LogP contribution >= 0.6 is 23.4 Å². The Morgan fingerprint density at radius 2 is 2.00 bits per heavy atom. The summed E-state index contributed by atoms with van der Waals surface area (Å²) in [6.45, 7) is 6.35. The molecular formula is C25H22ClNO4S. The van der Waals surface area contributed by atoms with E-state index in [0.29, 0.717) is 40.0 Å².